The summed E-state index contributed by atoms with van der Waals surface area (Å²) in [4.78, 5) is 11.6. The number of hydrogen-bond donors (Lipinski definition) is 1. The van der Waals surface area contributed by atoms with Gasteiger partial charge in [0.15, 0.2) is 18.2 Å². The van der Waals surface area contributed by atoms with Crippen LogP contribution in [0.4, 0.5) is 4.39 Å². The van der Waals surface area contributed by atoms with Gasteiger partial charge in [-0.25, -0.2) is 4.39 Å². The van der Waals surface area contributed by atoms with Crippen LogP contribution in [0.15, 0.2) is 53.0 Å². The maximum Gasteiger partial charge on any atom is 0.258 e. The van der Waals surface area contributed by atoms with Gasteiger partial charge in [0, 0.05) is 4.47 Å². The van der Waals surface area contributed by atoms with E-state index >= 15 is 0 Å². The number of ether oxygens (including phenoxy) is 2. The van der Waals surface area contributed by atoms with Gasteiger partial charge in [-0.3, -0.25) is 4.79 Å². The van der Waals surface area contributed by atoms with Crippen molar-refractivity contribution in [2.45, 2.75) is 0 Å². The molecule has 0 heterocycles. The number of amides is 1. The van der Waals surface area contributed by atoms with Gasteiger partial charge in [0.2, 0.25) is 0 Å². The van der Waals surface area contributed by atoms with Gasteiger partial charge in [0.05, 0.1) is 6.54 Å². The average Bonchev–Trinajstić information content (AvgIpc) is 2.52. The van der Waals surface area contributed by atoms with Crippen molar-refractivity contribution in [2.75, 3.05) is 19.8 Å². The molecule has 0 atom stereocenters. The molecule has 0 radical (unpaired) electrons. The van der Waals surface area contributed by atoms with E-state index in [1.165, 1.54) is 12.1 Å². The summed E-state index contributed by atoms with van der Waals surface area (Å²) < 4.78 is 24.8. The first-order valence-electron chi connectivity index (χ1n) is 6.67. The van der Waals surface area contributed by atoms with E-state index in [1.807, 2.05) is 12.1 Å². The quantitative estimate of drug-likeness (QED) is 0.764. The van der Waals surface area contributed by atoms with E-state index in [1.54, 1.807) is 24.3 Å². The summed E-state index contributed by atoms with van der Waals surface area (Å²) in [6, 6.07) is 13.3. The van der Waals surface area contributed by atoms with Gasteiger partial charge in [0.25, 0.3) is 5.91 Å². The molecule has 2 aromatic carbocycles. The van der Waals surface area contributed by atoms with Gasteiger partial charge in [0.1, 0.15) is 12.4 Å². The first kappa shape index (κ1) is 16.3. The van der Waals surface area contributed by atoms with E-state index < -0.39 is 5.82 Å². The maximum atomic E-state index is 13.3. The van der Waals surface area contributed by atoms with E-state index in [0.29, 0.717) is 5.75 Å². The van der Waals surface area contributed by atoms with Crippen molar-refractivity contribution < 1.29 is 18.7 Å². The van der Waals surface area contributed by atoms with Crippen LogP contribution in [-0.2, 0) is 4.79 Å². The molecule has 4 nitrogen and oxygen atoms in total. The average molecular weight is 368 g/mol. The van der Waals surface area contributed by atoms with E-state index in [9.17, 15) is 9.18 Å². The van der Waals surface area contributed by atoms with Crippen molar-refractivity contribution in [1.29, 1.82) is 0 Å². The first-order chi connectivity index (χ1) is 10.6. The molecule has 1 N–H and O–H groups in total. The Kier molecular flexibility index (Phi) is 6.21. The molecule has 0 aliphatic heterocycles. The fourth-order valence-corrected chi connectivity index (χ4v) is 1.91. The van der Waals surface area contributed by atoms with Gasteiger partial charge in [-0.15, -0.1) is 0 Å². The molecule has 0 saturated carbocycles. The summed E-state index contributed by atoms with van der Waals surface area (Å²) >= 11 is 3.32. The standard InChI is InChI=1S/C16H15BrFNO3/c17-12-5-7-13(8-6-12)22-11-16(20)19-9-10-21-15-4-2-1-3-14(15)18/h1-8H,9-11H2,(H,19,20). The topological polar surface area (TPSA) is 47.6 Å². The number of para-hydroxylation sites is 1. The molecule has 2 rings (SSSR count). The zero-order chi connectivity index (χ0) is 15.8. The second-order valence-corrected chi connectivity index (χ2v) is 5.29. The molecule has 6 heteroatoms. The SMILES string of the molecule is O=C(COc1ccc(Br)cc1)NCCOc1ccccc1F. The van der Waals surface area contributed by atoms with Crippen molar-refractivity contribution in [3.8, 4) is 11.5 Å². The second kappa shape index (κ2) is 8.38. The monoisotopic (exact) mass is 367 g/mol. The largest absolute Gasteiger partial charge is 0.489 e. The normalized spacial score (nSPS) is 10.1. The fraction of sp³-hybridized carbons (Fsp3) is 0.188. The number of rotatable bonds is 7. The van der Waals surface area contributed by atoms with Gasteiger partial charge < -0.3 is 14.8 Å². The number of benzene rings is 2. The van der Waals surface area contributed by atoms with Crippen LogP contribution in [0, 0.1) is 5.82 Å². The zero-order valence-electron chi connectivity index (χ0n) is 11.7. The second-order valence-electron chi connectivity index (χ2n) is 4.37. The molecule has 22 heavy (non-hydrogen) atoms. The molecule has 0 aliphatic rings. The molecular weight excluding hydrogens is 353 g/mol. The number of nitrogens with one attached hydrogen (secondary N) is 1. The van der Waals surface area contributed by atoms with Crippen molar-refractivity contribution in [3.63, 3.8) is 0 Å². The van der Waals surface area contributed by atoms with Gasteiger partial charge >= 0.3 is 0 Å². The third-order valence-electron chi connectivity index (χ3n) is 2.70. The summed E-state index contributed by atoms with van der Waals surface area (Å²) in [6.45, 7) is 0.378. The number of hydrogen-bond acceptors (Lipinski definition) is 3. The summed E-state index contributed by atoms with van der Waals surface area (Å²) in [7, 11) is 0. The zero-order valence-corrected chi connectivity index (χ0v) is 13.3. The maximum absolute atomic E-state index is 13.3. The van der Waals surface area contributed by atoms with Crippen LogP contribution in [0.1, 0.15) is 0 Å². The highest BCUT2D eigenvalue weighted by molar-refractivity contribution is 9.10. The lowest BCUT2D eigenvalue weighted by Gasteiger charge is -2.09. The Labute approximate surface area is 136 Å². The van der Waals surface area contributed by atoms with Crippen LogP contribution in [0.5, 0.6) is 11.5 Å². The lowest BCUT2D eigenvalue weighted by atomic mass is 10.3. The van der Waals surface area contributed by atoms with E-state index in [0.717, 1.165) is 4.47 Å². The lowest BCUT2D eigenvalue weighted by molar-refractivity contribution is -0.123. The number of halogens is 2. The molecule has 1 amide bonds. The molecule has 116 valence electrons. The molecule has 0 saturated heterocycles. The van der Waals surface area contributed by atoms with Crippen LogP contribution in [0.2, 0.25) is 0 Å². The summed E-state index contributed by atoms with van der Waals surface area (Å²) in [6.07, 6.45) is 0. The molecule has 0 aliphatic carbocycles. The van der Waals surface area contributed by atoms with Crippen molar-refractivity contribution >= 4 is 21.8 Å². The predicted octanol–water partition coefficient (Wildman–Crippen LogP) is 3.16. The Morgan fingerprint density at radius 2 is 1.82 bits per heavy atom. The third-order valence-corrected chi connectivity index (χ3v) is 3.23. The molecule has 0 spiro atoms. The van der Waals surface area contributed by atoms with E-state index in [4.69, 9.17) is 9.47 Å². The predicted molar refractivity (Wildman–Crippen MR) is 84.5 cm³/mol. The molecule has 2 aromatic rings. The van der Waals surface area contributed by atoms with Crippen molar-refractivity contribution in [1.82, 2.24) is 5.32 Å². The minimum Gasteiger partial charge on any atom is -0.489 e. The van der Waals surface area contributed by atoms with E-state index in [2.05, 4.69) is 21.2 Å². The molecular formula is C16H15BrFNO3. The first-order valence-corrected chi connectivity index (χ1v) is 7.47. The van der Waals surface area contributed by atoms with Gasteiger partial charge in [-0.2, -0.15) is 0 Å². The smallest absolute Gasteiger partial charge is 0.258 e. The highest BCUT2D eigenvalue weighted by Gasteiger charge is 2.04. The van der Waals surface area contributed by atoms with Crippen molar-refractivity contribution in [2.24, 2.45) is 0 Å². The Balaban J connectivity index is 1.64. The van der Waals surface area contributed by atoms with Crippen molar-refractivity contribution in [3.05, 3.63) is 58.8 Å². The molecule has 0 fully saturated rings. The molecule has 0 unspecified atom stereocenters. The Morgan fingerprint density at radius 1 is 1.09 bits per heavy atom. The number of carbonyl (C=O) groups excluding carboxylic acids is 1. The lowest BCUT2D eigenvalue weighted by Crippen LogP contribution is -2.32. The van der Waals surface area contributed by atoms with Crippen LogP contribution in [0.25, 0.3) is 0 Å². The highest BCUT2D eigenvalue weighted by Crippen LogP contribution is 2.16. The Bertz CT molecular complexity index is 619. The Morgan fingerprint density at radius 3 is 2.55 bits per heavy atom. The fourth-order valence-electron chi connectivity index (χ4n) is 1.64. The van der Waals surface area contributed by atoms with E-state index in [-0.39, 0.29) is 31.4 Å². The summed E-state index contributed by atoms with van der Waals surface area (Å²) in [5.41, 5.74) is 0. The minimum absolute atomic E-state index is 0.0820. The summed E-state index contributed by atoms with van der Waals surface area (Å²) in [5, 5.41) is 2.63. The van der Waals surface area contributed by atoms with Crippen LogP contribution < -0.4 is 14.8 Å². The third kappa shape index (κ3) is 5.37. The number of carbonyl (C=O) groups is 1. The highest BCUT2D eigenvalue weighted by atomic mass is 79.9. The van der Waals surface area contributed by atoms with Gasteiger partial charge in [-0.05, 0) is 36.4 Å². The molecule has 0 bridgehead atoms. The Hall–Kier alpha value is -2.08. The van der Waals surface area contributed by atoms with Crippen LogP contribution in [-0.4, -0.2) is 25.7 Å². The minimum atomic E-state index is -0.424. The molecule has 0 aromatic heterocycles. The van der Waals surface area contributed by atoms with Crippen LogP contribution >= 0.6 is 15.9 Å². The summed E-state index contributed by atoms with van der Waals surface area (Å²) in [5.74, 6) is 0.0938. The van der Waals surface area contributed by atoms with Gasteiger partial charge in [-0.1, -0.05) is 28.1 Å². The van der Waals surface area contributed by atoms with Crippen LogP contribution in [0.3, 0.4) is 0 Å².